The molecule has 0 fully saturated rings. The van der Waals surface area contributed by atoms with E-state index in [2.05, 4.69) is 9.72 Å². The van der Waals surface area contributed by atoms with Crippen molar-refractivity contribution in [3.63, 3.8) is 0 Å². The highest BCUT2D eigenvalue weighted by molar-refractivity contribution is 7.94. The van der Waals surface area contributed by atoms with Crippen molar-refractivity contribution >= 4 is 33.3 Å². The van der Waals surface area contributed by atoms with Crippen LogP contribution >= 0.6 is 11.6 Å². The van der Waals surface area contributed by atoms with E-state index in [4.69, 9.17) is 11.6 Å². The van der Waals surface area contributed by atoms with Gasteiger partial charge < -0.3 is 4.74 Å². The molecule has 0 saturated carbocycles. The lowest BCUT2D eigenvalue weighted by atomic mass is 10.1. The normalized spacial score (nSPS) is 11.0. The van der Waals surface area contributed by atoms with Gasteiger partial charge in [0.15, 0.2) is 0 Å². The smallest absolute Gasteiger partial charge is 0.305 e. The Morgan fingerprint density at radius 2 is 1.78 bits per heavy atom. The van der Waals surface area contributed by atoms with Gasteiger partial charge >= 0.3 is 5.97 Å². The Hall–Kier alpha value is -1.98. The molecule has 1 aromatic heterocycles. The van der Waals surface area contributed by atoms with Crippen LogP contribution in [-0.4, -0.2) is 21.8 Å². The fraction of sp³-hybridized carbons (Fsp3) is 0.333. The SMILES string of the molecule is CC(C)=C(c1cnccc1C)S(=O)c1ccc(Cl)cc1.CCOC(=O)CC. The molecular weight excluding hydrogens is 382 g/mol. The van der Waals surface area contributed by atoms with Gasteiger partial charge in [-0.2, -0.15) is 0 Å². The van der Waals surface area contributed by atoms with Gasteiger partial charge in [0.2, 0.25) is 0 Å². The Labute approximate surface area is 169 Å². The molecular formula is C21H26ClNO3S. The summed E-state index contributed by atoms with van der Waals surface area (Å²) in [7, 11) is -1.24. The van der Waals surface area contributed by atoms with Crippen molar-refractivity contribution in [1.29, 1.82) is 0 Å². The topological polar surface area (TPSA) is 56.3 Å². The molecule has 2 aromatic rings. The van der Waals surface area contributed by atoms with E-state index in [0.29, 0.717) is 18.1 Å². The summed E-state index contributed by atoms with van der Waals surface area (Å²) in [6.07, 6.45) is 3.99. The molecule has 0 radical (unpaired) electrons. The number of pyridine rings is 1. The van der Waals surface area contributed by atoms with Crippen LogP contribution in [0.5, 0.6) is 0 Å². The number of rotatable bonds is 5. The number of halogens is 1. The lowest BCUT2D eigenvalue weighted by Gasteiger charge is -2.12. The maximum atomic E-state index is 12.8. The van der Waals surface area contributed by atoms with Crippen LogP contribution in [0.15, 0.2) is 53.2 Å². The molecule has 0 amide bonds. The van der Waals surface area contributed by atoms with Crippen LogP contribution in [0.1, 0.15) is 45.2 Å². The molecule has 0 aliphatic rings. The highest BCUT2D eigenvalue weighted by Crippen LogP contribution is 2.29. The first-order chi connectivity index (χ1) is 12.8. The Kier molecular flexibility index (Phi) is 9.97. The largest absolute Gasteiger partial charge is 0.466 e. The number of aryl methyl sites for hydroxylation is 1. The zero-order chi connectivity index (χ0) is 20.4. The molecule has 0 aliphatic carbocycles. The van der Waals surface area contributed by atoms with E-state index in [1.54, 1.807) is 50.5 Å². The van der Waals surface area contributed by atoms with Crippen molar-refractivity contribution in [2.24, 2.45) is 0 Å². The molecule has 1 atom stereocenters. The van der Waals surface area contributed by atoms with E-state index >= 15 is 0 Å². The predicted molar refractivity (Wildman–Crippen MR) is 112 cm³/mol. The molecule has 2 rings (SSSR count). The van der Waals surface area contributed by atoms with Gasteiger partial charge in [-0.3, -0.25) is 9.78 Å². The Bertz CT molecular complexity index is 812. The maximum Gasteiger partial charge on any atom is 0.305 e. The molecule has 1 aromatic carbocycles. The number of esters is 1. The summed E-state index contributed by atoms with van der Waals surface area (Å²) in [5.41, 5.74) is 3.02. The number of hydrogen-bond acceptors (Lipinski definition) is 4. The average molecular weight is 408 g/mol. The molecule has 1 unspecified atom stereocenters. The fourth-order valence-electron chi connectivity index (χ4n) is 2.20. The van der Waals surface area contributed by atoms with Gasteiger partial charge in [0, 0.05) is 34.3 Å². The lowest BCUT2D eigenvalue weighted by Crippen LogP contribution is -2.00. The van der Waals surface area contributed by atoms with Gasteiger partial charge in [0.1, 0.15) is 0 Å². The number of hydrogen-bond donors (Lipinski definition) is 0. The van der Waals surface area contributed by atoms with Crippen LogP contribution in [-0.2, 0) is 20.3 Å². The molecule has 4 nitrogen and oxygen atoms in total. The molecule has 1 heterocycles. The van der Waals surface area contributed by atoms with Crippen molar-refractivity contribution in [2.45, 2.75) is 45.9 Å². The number of nitrogens with zero attached hydrogens (tertiary/aromatic N) is 1. The monoisotopic (exact) mass is 407 g/mol. The van der Waals surface area contributed by atoms with Crippen LogP contribution in [0.2, 0.25) is 5.02 Å². The molecule has 0 N–H and O–H groups in total. The van der Waals surface area contributed by atoms with Gasteiger partial charge in [-0.05, 0) is 63.6 Å². The molecule has 0 aliphatic heterocycles. The number of benzene rings is 1. The quantitative estimate of drug-likeness (QED) is 0.608. The first kappa shape index (κ1) is 23.1. The minimum atomic E-state index is -1.24. The Morgan fingerprint density at radius 3 is 2.22 bits per heavy atom. The number of carbonyl (C=O) groups excluding carboxylic acids is 1. The van der Waals surface area contributed by atoms with Gasteiger partial charge in [-0.15, -0.1) is 0 Å². The summed E-state index contributed by atoms with van der Waals surface area (Å²) in [6.45, 7) is 10.0. The van der Waals surface area contributed by atoms with E-state index in [-0.39, 0.29) is 5.97 Å². The van der Waals surface area contributed by atoms with E-state index in [9.17, 15) is 9.00 Å². The van der Waals surface area contributed by atoms with Gasteiger partial charge in [-0.1, -0.05) is 24.1 Å². The van der Waals surface area contributed by atoms with Crippen LogP contribution < -0.4 is 0 Å². The van der Waals surface area contributed by atoms with Gasteiger partial charge in [0.05, 0.1) is 22.3 Å². The first-order valence-electron chi connectivity index (χ1n) is 8.73. The van der Waals surface area contributed by atoms with Crippen LogP contribution in [0.25, 0.3) is 4.91 Å². The Morgan fingerprint density at radius 1 is 1.15 bits per heavy atom. The third kappa shape index (κ3) is 7.27. The van der Waals surface area contributed by atoms with Gasteiger partial charge in [0.25, 0.3) is 0 Å². The van der Waals surface area contributed by atoms with E-state index in [1.807, 2.05) is 26.8 Å². The average Bonchev–Trinajstić information content (AvgIpc) is 2.64. The second-order valence-corrected chi connectivity index (χ2v) is 7.75. The minimum absolute atomic E-state index is 0.123. The van der Waals surface area contributed by atoms with Crippen molar-refractivity contribution < 1.29 is 13.7 Å². The standard InChI is InChI=1S/C16H16ClNOS.C5H10O2/c1-11(2)16(15-10-18-9-8-12(15)3)20(19)14-6-4-13(17)5-7-14;1-3-5(6)7-4-2/h4-10H,1-3H3;3-4H2,1-2H3. The summed E-state index contributed by atoms with van der Waals surface area (Å²) < 4.78 is 17.4. The van der Waals surface area contributed by atoms with Crippen LogP contribution in [0, 0.1) is 6.92 Å². The van der Waals surface area contributed by atoms with E-state index < -0.39 is 10.8 Å². The lowest BCUT2D eigenvalue weighted by molar-refractivity contribution is -0.142. The summed E-state index contributed by atoms with van der Waals surface area (Å²) in [5.74, 6) is -0.123. The number of carbonyl (C=O) groups is 1. The third-order valence-corrected chi connectivity index (χ3v) is 5.50. The zero-order valence-corrected chi connectivity index (χ0v) is 18.0. The molecule has 0 bridgehead atoms. The van der Waals surface area contributed by atoms with Crippen molar-refractivity contribution in [3.8, 4) is 0 Å². The molecule has 0 spiro atoms. The highest BCUT2D eigenvalue weighted by Gasteiger charge is 2.16. The summed E-state index contributed by atoms with van der Waals surface area (Å²) in [5, 5.41) is 0.641. The number of aromatic nitrogens is 1. The van der Waals surface area contributed by atoms with Crippen LogP contribution in [0.4, 0.5) is 0 Å². The number of allylic oxidation sites excluding steroid dienone is 1. The highest BCUT2D eigenvalue weighted by atomic mass is 35.5. The second-order valence-electron chi connectivity index (χ2n) is 5.90. The second kappa shape index (κ2) is 11.7. The first-order valence-corrected chi connectivity index (χ1v) is 10.3. The molecule has 27 heavy (non-hydrogen) atoms. The minimum Gasteiger partial charge on any atom is -0.466 e. The van der Waals surface area contributed by atoms with E-state index in [1.165, 1.54) is 0 Å². The molecule has 146 valence electrons. The van der Waals surface area contributed by atoms with Crippen molar-refractivity contribution in [3.05, 3.63) is 64.4 Å². The predicted octanol–water partition coefficient (Wildman–Crippen LogP) is 5.56. The zero-order valence-electron chi connectivity index (χ0n) is 16.4. The molecule has 6 heteroatoms. The van der Waals surface area contributed by atoms with E-state index in [0.717, 1.165) is 26.5 Å². The summed E-state index contributed by atoms with van der Waals surface area (Å²) in [6, 6.07) is 9.04. The number of ether oxygens (including phenoxy) is 1. The summed E-state index contributed by atoms with van der Waals surface area (Å²) in [4.78, 5) is 15.9. The third-order valence-electron chi connectivity index (χ3n) is 3.54. The van der Waals surface area contributed by atoms with Gasteiger partial charge in [-0.25, -0.2) is 4.21 Å². The Balaban J connectivity index is 0.000000445. The van der Waals surface area contributed by atoms with Crippen molar-refractivity contribution in [1.82, 2.24) is 4.98 Å². The van der Waals surface area contributed by atoms with Crippen LogP contribution in [0.3, 0.4) is 0 Å². The van der Waals surface area contributed by atoms with Crippen molar-refractivity contribution in [2.75, 3.05) is 6.61 Å². The fourth-order valence-corrected chi connectivity index (χ4v) is 3.72. The molecule has 0 saturated heterocycles. The maximum absolute atomic E-state index is 12.8. The summed E-state index contributed by atoms with van der Waals surface area (Å²) >= 11 is 5.88.